The molecule has 0 aliphatic carbocycles. The highest BCUT2D eigenvalue weighted by Gasteiger charge is 2.09. The SMILES string of the molecule is CNc1ccc2[nH]c(=O)c(C(=O)O)cc2c1. The van der Waals surface area contributed by atoms with Gasteiger partial charge in [0.05, 0.1) is 0 Å². The highest BCUT2D eigenvalue weighted by atomic mass is 16.4. The van der Waals surface area contributed by atoms with E-state index in [2.05, 4.69) is 10.3 Å². The van der Waals surface area contributed by atoms with E-state index in [-0.39, 0.29) is 5.56 Å². The first-order chi connectivity index (χ1) is 7.61. The van der Waals surface area contributed by atoms with Crippen LogP contribution in [0.15, 0.2) is 29.1 Å². The van der Waals surface area contributed by atoms with E-state index in [9.17, 15) is 9.59 Å². The smallest absolute Gasteiger partial charge is 0.341 e. The van der Waals surface area contributed by atoms with Crippen LogP contribution in [-0.4, -0.2) is 23.1 Å². The van der Waals surface area contributed by atoms with E-state index in [1.807, 2.05) is 0 Å². The van der Waals surface area contributed by atoms with Gasteiger partial charge in [0.25, 0.3) is 5.56 Å². The van der Waals surface area contributed by atoms with Crippen LogP contribution in [0.1, 0.15) is 10.4 Å². The quantitative estimate of drug-likeness (QED) is 0.708. The monoisotopic (exact) mass is 218 g/mol. The maximum Gasteiger partial charge on any atom is 0.341 e. The molecule has 0 atom stereocenters. The van der Waals surface area contributed by atoms with Gasteiger partial charge in [0.1, 0.15) is 5.56 Å². The molecule has 2 rings (SSSR count). The number of hydrogen-bond acceptors (Lipinski definition) is 3. The number of aromatic carboxylic acids is 1. The lowest BCUT2D eigenvalue weighted by atomic mass is 10.1. The topological polar surface area (TPSA) is 82.2 Å². The van der Waals surface area contributed by atoms with E-state index >= 15 is 0 Å². The number of benzene rings is 1. The summed E-state index contributed by atoms with van der Waals surface area (Å²) >= 11 is 0. The van der Waals surface area contributed by atoms with E-state index in [4.69, 9.17) is 5.11 Å². The molecule has 1 heterocycles. The van der Waals surface area contributed by atoms with Crippen molar-refractivity contribution in [2.45, 2.75) is 0 Å². The molecule has 0 aliphatic rings. The number of aromatic nitrogens is 1. The van der Waals surface area contributed by atoms with Crippen molar-refractivity contribution < 1.29 is 9.90 Å². The van der Waals surface area contributed by atoms with Crippen molar-refractivity contribution in [1.29, 1.82) is 0 Å². The van der Waals surface area contributed by atoms with Crippen LogP contribution >= 0.6 is 0 Å². The van der Waals surface area contributed by atoms with Gasteiger partial charge in [-0.2, -0.15) is 0 Å². The van der Waals surface area contributed by atoms with Gasteiger partial charge in [-0.3, -0.25) is 4.79 Å². The van der Waals surface area contributed by atoms with Crippen LogP contribution < -0.4 is 10.9 Å². The summed E-state index contributed by atoms with van der Waals surface area (Å²) in [7, 11) is 1.77. The molecule has 0 fully saturated rings. The summed E-state index contributed by atoms with van der Waals surface area (Å²) in [4.78, 5) is 24.7. The normalized spacial score (nSPS) is 10.3. The minimum Gasteiger partial charge on any atom is -0.477 e. The molecule has 3 N–H and O–H groups in total. The Labute approximate surface area is 90.7 Å². The number of aromatic amines is 1. The van der Waals surface area contributed by atoms with Crippen molar-refractivity contribution in [3.8, 4) is 0 Å². The van der Waals surface area contributed by atoms with E-state index in [0.29, 0.717) is 10.9 Å². The number of rotatable bonds is 2. The number of carboxylic acid groups (broad SMARTS) is 1. The average Bonchev–Trinajstić information content (AvgIpc) is 2.27. The molecular weight excluding hydrogens is 208 g/mol. The largest absolute Gasteiger partial charge is 0.477 e. The number of carbonyl (C=O) groups is 1. The summed E-state index contributed by atoms with van der Waals surface area (Å²) in [6, 6.07) is 6.68. The highest BCUT2D eigenvalue weighted by Crippen LogP contribution is 2.16. The minimum absolute atomic E-state index is 0.249. The molecular formula is C11H10N2O3. The maximum atomic E-state index is 11.4. The van der Waals surface area contributed by atoms with Gasteiger partial charge in [-0.1, -0.05) is 0 Å². The summed E-state index contributed by atoms with van der Waals surface area (Å²) < 4.78 is 0. The van der Waals surface area contributed by atoms with Crippen LogP contribution in [0.3, 0.4) is 0 Å². The number of carboxylic acids is 1. The van der Waals surface area contributed by atoms with Gasteiger partial charge >= 0.3 is 5.97 Å². The van der Waals surface area contributed by atoms with Gasteiger partial charge in [0.15, 0.2) is 0 Å². The molecule has 5 heteroatoms. The molecule has 82 valence electrons. The number of pyridine rings is 1. The molecule has 0 amide bonds. The second kappa shape index (κ2) is 3.69. The van der Waals surface area contributed by atoms with Gasteiger partial charge < -0.3 is 15.4 Å². The zero-order valence-electron chi connectivity index (χ0n) is 8.57. The van der Waals surface area contributed by atoms with E-state index in [1.54, 1.807) is 25.2 Å². The zero-order valence-corrected chi connectivity index (χ0v) is 8.57. The van der Waals surface area contributed by atoms with Crippen molar-refractivity contribution in [2.75, 3.05) is 12.4 Å². The van der Waals surface area contributed by atoms with Crippen molar-refractivity contribution in [3.63, 3.8) is 0 Å². The van der Waals surface area contributed by atoms with Gasteiger partial charge in [0, 0.05) is 23.6 Å². The Morgan fingerprint density at radius 1 is 1.38 bits per heavy atom. The Bertz CT molecular complexity index is 616. The van der Waals surface area contributed by atoms with E-state index < -0.39 is 11.5 Å². The standard InChI is InChI=1S/C11H10N2O3/c1-12-7-2-3-9-6(4-7)5-8(11(15)16)10(14)13-9/h2-5,12H,1H3,(H,13,14)(H,15,16). The molecule has 0 spiro atoms. The first-order valence-electron chi connectivity index (χ1n) is 4.70. The van der Waals surface area contributed by atoms with Crippen LogP contribution in [0.4, 0.5) is 5.69 Å². The number of nitrogens with one attached hydrogen (secondary N) is 2. The highest BCUT2D eigenvalue weighted by molar-refractivity contribution is 5.93. The van der Waals surface area contributed by atoms with Crippen molar-refractivity contribution in [2.24, 2.45) is 0 Å². The van der Waals surface area contributed by atoms with Crippen molar-refractivity contribution >= 4 is 22.6 Å². The summed E-state index contributed by atoms with van der Waals surface area (Å²) in [5.74, 6) is -1.22. The molecule has 5 nitrogen and oxygen atoms in total. The first-order valence-corrected chi connectivity index (χ1v) is 4.70. The van der Waals surface area contributed by atoms with Crippen molar-refractivity contribution in [3.05, 3.63) is 40.2 Å². The van der Waals surface area contributed by atoms with Crippen LogP contribution in [-0.2, 0) is 0 Å². The fourth-order valence-electron chi connectivity index (χ4n) is 1.52. The number of H-pyrrole nitrogens is 1. The molecule has 0 saturated heterocycles. The maximum absolute atomic E-state index is 11.4. The Hall–Kier alpha value is -2.30. The molecule has 1 aromatic heterocycles. The minimum atomic E-state index is -1.22. The molecule has 0 aliphatic heterocycles. The predicted octanol–water partition coefficient (Wildman–Crippen LogP) is 1.27. The summed E-state index contributed by atoms with van der Waals surface area (Å²) in [6.07, 6.45) is 0. The Balaban J connectivity index is 2.75. The summed E-state index contributed by atoms with van der Waals surface area (Å²) in [6.45, 7) is 0. The van der Waals surface area contributed by atoms with E-state index in [0.717, 1.165) is 5.69 Å². The number of anilines is 1. The fourth-order valence-corrected chi connectivity index (χ4v) is 1.52. The molecule has 2 aromatic rings. The van der Waals surface area contributed by atoms with Gasteiger partial charge in [0.2, 0.25) is 0 Å². The van der Waals surface area contributed by atoms with Gasteiger partial charge in [-0.05, 0) is 24.3 Å². The molecule has 0 saturated carbocycles. The lowest BCUT2D eigenvalue weighted by Crippen LogP contribution is -2.16. The second-order valence-electron chi connectivity index (χ2n) is 3.37. The Morgan fingerprint density at radius 2 is 2.12 bits per heavy atom. The van der Waals surface area contributed by atoms with Gasteiger partial charge in [-0.15, -0.1) is 0 Å². The second-order valence-corrected chi connectivity index (χ2v) is 3.37. The van der Waals surface area contributed by atoms with Crippen LogP contribution in [0.5, 0.6) is 0 Å². The van der Waals surface area contributed by atoms with Crippen LogP contribution in [0.25, 0.3) is 10.9 Å². The summed E-state index contributed by atoms with van der Waals surface area (Å²) in [5.41, 5.74) is 0.642. The van der Waals surface area contributed by atoms with Crippen LogP contribution in [0.2, 0.25) is 0 Å². The van der Waals surface area contributed by atoms with E-state index in [1.165, 1.54) is 6.07 Å². The first kappa shape index (κ1) is 10.2. The third-order valence-electron chi connectivity index (χ3n) is 2.36. The molecule has 1 aromatic carbocycles. The molecule has 0 radical (unpaired) electrons. The van der Waals surface area contributed by atoms with Gasteiger partial charge in [-0.25, -0.2) is 4.79 Å². The Morgan fingerprint density at radius 3 is 2.75 bits per heavy atom. The Kier molecular flexibility index (Phi) is 2.36. The van der Waals surface area contributed by atoms with Crippen molar-refractivity contribution in [1.82, 2.24) is 4.98 Å². The molecule has 0 bridgehead atoms. The third-order valence-corrected chi connectivity index (χ3v) is 2.36. The lowest BCUT2D eigenvalue weighted by molar-refractivity contribution is 0.0695. The van der Waals surface area contributed by atoms with Crippen LogP contribution in [0, 0.1) is 0 Å². The third kappa shape index (κ3) is 1.63. The zero-order chi connectivity index (χ0) is 11.7. The number of fused-ring (bicyclic) bond motifs is 1. The molecule has 0 unspecified atom stereocenters. The molecule has 16 heavy (non-hydrogen) atoms. The fraction of sp³-hybridized carbons (Fsp3) is 0.0909. The number of hydrogen-bond donors (Lipinski definition) is 3. The summed E-state index contributed by atoms with van der Waals surface area (Å²) in [5, 5.41) is 12.4. The average molecular weight is 218 g/mol. The lowest BCUT2D eigenvalue weighted by Gasteiger charge is -2.03. The predicted molar refractivity (Wildman–Crippen MR) is 61.1 cm³/mol.